The standard InChI is InChI=1S/C27H28N4O3S/c1-17-5-9-19(10-6-17)22-16-35-24-23(22)29-27(30-26(24)33)31-13-3-4-20(15-31)25(32)28-14-18-7-11-21(34-2)12-8-18/h5-12,16,20H,3-4,13-15H2,1-2H3,(H,28,32)(H,29,30,33)/t20-/m1/s1. The number of benzene rings is 2. The first-order valence-electron chi connectivity index (χ1n) is 11.8. The summed E-state index contributed by atoms with van der Waals surface area (Å²) in [6.07, 6.45) is 1.67. The van der Waals surface area contributed by atoms with Gasteiger partial charge in [-0.05, 0) is 43.0 Å². The zero-order valence-corrected chi connectivity index (χ0v) is 20.7. The normalized spacial score (nSPS) is 15.8. The number of nitrogens with one attached hydrogen (secondary N) is 2. The highest BCUT2D eigenvalue weighted by Crippen LogP contribution is 2.32. The first-order chi connectivity index (χ1) is 17.0. The van der Waals surface area contributed by atoms with E-state index in [1.807, 2.05) is 34.5 Å². The third-order valence-electron chi connectivity index (χ3n) is 6.49. The van der Waals surface area contributed by atoms with Gasteiger partial charge in [-0.2, -0.15) is 0 Å². The van der Waals surface area contributed by atoms with E-state index in [0.717, 1.165) is 41.8 Å². The van der Waals surface area contributed by atoms with Gasteiger partial charge in [0.15, 0.2) is 0 Å². The number of hydrogen-bond acceptors (Lipinski definition) is 6. The Balaban J connectivity index is 1.33. The van der Waals surface area contributed by atoms with Crippen molar-refractivity contribution in [3.8, 4) is 16.9 Å². The summed E-state index contributed by atoms with van der Waals surface area (Å²) in [5, 5.41) is 5.05. The second kappa shape index (κ2) is 9.92. The van der Waals surface area contributed by atoms with Gasteiger partial charge in [-0.1, -0.05) is 42.0 Å². The average molecular weight is 489 g/mol. The Morgan fingerprint density at radius 1 is 1.20 bits per heavy atom. The smallest absolute Gasteiger partial charge is 0.270 e. The molecule has 1 aliphatic rings. The number of ether oxygens (including phenoxy) is 1. The molecule has 1 fully saturated rings. The summed E-state index contributed by atoms with van der Waals surface area (Å²) in [6.45, 7) is 3.79. The fraction of sp³-hybridized carbons (Fsp3) is 0.296. The summed E-state index contributed by atoms with van der Waals surface area (Å²) in [5.74, 6) is 1.17. The van der Waals surface area contributed by atoms with Crippen LogP contribution in [0, 0.1) is 12.8 Å². The molecule has 3 heterocycles. The molecule has 0 unspecified atom stereocenters. The molecule has 35 heavy (non-hydrogen) atoms. The lowest BCUT2D eigenvalue weighted by atomic mass is 9.97. The number of carbonyl (C=O) groups is 1. The van der Waals surface area contributed by atoms with E-state index in [2.05, 4.69) is 41.5 Å². The number of thiophene rings is 1. The molecule has 0 saturated carbocycles. The van der Waals surface area contributed by atoms with E-state index in [1.165, 1.54) is 16.9 Å². The summed E-state index contributed by atoms with van der Waals surface area (Å²) in [4.78, 5) is 35.6. The molecule has 7 nitrogen and oxygen atoms in total. The van der Waals surface area contributed by atoms with Crippen LogP contribution in [0.4, 0.5) is 5.95 Å². The summed E-state index contributed by atoms with van der Waals surface area (Å²) in [7, 11) is 1.63. The third kappa shape index (κ3) is 4.93. The van der Waals surface area contributed by atoms with Crippen LogP contribution in [-0.2, 0) is 11.3 Å². The highest BCUT2D eigenvalue weighted by Gasteiger charge is 2.27. The fourth-order valence-electron chi connectivity index (χ4n) is 4.46. The van der Waals surface area contributed by atoms with Gasteiger partial charge in [-0.15, -0.1) is 11.3 Å². The number of rotatable bonds is 6. The number of H-pyrrole nitrogens is 1. The summed E-state index contributed by atoms with van der Waals surface area (Å²) in [5.41, 5.74) is 4.78. The molecule has 0 radical (unpaired) electrons. The number of piperidine rings is 1. The van der Waals surface area contributed by atoms with Gasteiger partial charge in [0, 0.05) is 30.6 Å². The highest BCUT2D eigenvalue weighted by atomic mass is 32.1. The number of anilines is 1. The Labute approximate surface area is 207 Å². The molecule has 1 atom stereocenters. The van der Waals surface area contributed by atoms with Crippen molar-refractivity contribution >= 4 is 33.4 Å². The predicted octanol–water partition coefficient (Wildman–Crippen LogP) is 4.50. The van der Waals surface area contributed by atoms with Crippen LogP contribution in [0.2, 0.25) is 0 Å². The average Bonchev–Trinajstić information content (AvgIpc) is 3.33. The minimum Gasteiger partial charge on any atom is -0.497 e. The number of aromatic nitrogens is 2. The van der Waals surface area contributed by atoms with Crippen LogP contribution in [0.3, 0.4) is 0 Å². The van der Waals surface area contributed by atoms with Crippen molar-refractivity contribution in [1.29, 1.82) is 0 Å². The van der Waals surface area contributed by atoms with E-state index in [1.54, 1.807) is 7.11 Å². The number of hydrogen-bond donors (Lipinski definition) is 2. The van der Waals surface area contributed by atoms with E-state index >= 15 is 0 Å². The molecule has 4 aromatic rings. The van der Waals surface area contributed by atoms with Gasteiger partial charge < -0.3 is 15.0 Å². The molecule has 2 aromatic heterocycles. The Bertz CT molecular complexity index is 1390. The van der Waals surface area contributed by atoms with Crippen LogP contribution in [-0.4, -0.2) is 36.1 Å². The van der Waals surface area contributed by atoms with Crippen molar-refractivity contribution in [2.75, 3.05) is 25.1 Å². The van der Waals surface area contributed by atoms with Crippen molar-refractivity contribution in [2.24, 2.45) is 5.92 Å². The van der Waals surface area contributed by atoms with Gasteiger partial charge in [0.25, 0.3) is 5.56 Å². The summed E-state index contributed by atoms with van der Waals surface area (Å²) >= 11 is 1.41. The molecule has 0 aliphatic carbocycles. The first kappa shape index (κ1) is 23.1. The van der Waals surface area contributed by atoms with Crippen molar-refractivity contribution in [3.63, 3.8) is 0 Å². The van der Waals surface area contributed by atoms with Crippen molar-refractivity contribution in [2.45, 2.75) is 26.3 Å². The number of aromatic amines is 1. The maximum absolute atomic E-state index is 12.9. The lowest BCUT2D eigenvalue weighted by molar-refractivity contribution is -0.125. The Hall–Kier alpha value is -3.65. The van der Waals surface area contributed by atoms with E-state index in [9.17, 15) is 9.59 Å². The third-order valence-corrected chi connectivity index (χ3v) is 7.46. The maximum atomic E-state index is 12.9. The van der Waals surface area contributed by atoms with Crippen molar-refractivity contribution in [3.05, 3.63) is 75.4 Å². The molecule has 1 aliphatic heterocycles. The van der Waals surface area contributed by atoms with Gasteiger partial charge >= 0.3 is 0 Å². The minimum absolute atomic E-state index is 0.0184. The van der Waals surface area contributed by atoms with Gasteiger partial charge in [-0.25, -0.2) is 4.98 Å². The van der Waals surface area contributed by atoms with E-state index in [0.29, 0.717) is 29.3 Å². The molecular weight excluding hydrogens is 460 g/mol. The molecule has 8 heteroatoms. The van der Waals surface area contributed by atoms with Crippen LogP contribution < -0.4 is 20.5 Å². The van der Waals surface area contributed by atoms with E-state index in [4.69, 9.17) is 9.72 Å². The molecule has 2 aromatic carbocycles. The van der Waals surface area contributed by atoms with E-state index < -0.39 is 0 Å². The molecule has 0 spiro atoms. The molecule has 5 rings (SSSR count). The SMILES string of the molecule is COc1ccc(CNC(=O)[C@@H]2CCCN(c3nc4c(-c5ccc(C)cc5)csc4c(=O)[nH]3)C2)cc1. The second-order valence-corrected chi connectivity index (χ2v) is 9.81. The van der Waals surface area contributed by atoms with Crippen LogP contribution in [0.5, 0.6) is 5.75 Å². The monoisotopic (exact) mass is 488 g/mol. The Morgan fingerprint density at radius 3 is 2.71 bits per heavy atom. The summed E-state index contributed by atoms with van der Waals surface area (Å²) in [6, 6.07) is 15.9. The summed E-state index contributed by atoms with van der Waals surface area (Å²) < 4.78 is 5.81. The Kier molecular flexibility index (Phi) is 6.55. The zero-order valence-electron chi connectivity index (χ0n) is 19.8. The van der Waals surface area contributed by atoms with Gasteiger partial charge in [0.1, 0.15) is 10.4 Å². The number of fused-ring (bicyclic) bond motifs is 1. The van der Waals surface area contributed by atoms with E-state index in [-0.39, 0.29) is 17.4 Å². The quantitative estimate of drug-likeness (QED) is 0.417. The van der Waals surface area contributed by atoms with Gasteiger partial charge in [0.05, 0.1) is 18.5 Å². The number of carbonyl (C=O) groups excluding carboxylic acids is 1. The number of aryl methyl sites for hydroxylation is 1. The van der Waals surface area contributed by atoms with Crippen LogP contribution >= 0.6 is 11.3 Å². The predicted molar refractivity (Wildman–Crippen MR) is 140 cm³/mol. The zero-order chi connectivity index (χ0) is 24.4. The number of amides is 1. The fourth-order valence-corrected chi connectivity index (χ4v) is 5.37. The molecule has 180 valence electrons. The first-order valence-corrected chi connectivity index (χ1v) is 12.6. The van der Waals surface area contributed by atoms with Crippen molar-refractivity contribution < 1.29 is 9.53 Å². The largest absolute Gasteiger partial charge is 0.497 e. The minimum atomic E-state index is -0.165. The topological polar surface area (TPSA) is 87.3 Å². The highest BCUT2D eigenvalue weighted by molar-refractivity contribution is 7.17. The molecule has 1 saturated heterocycles. The second-order valence-electron chi connectivity index (χ2n) is 8.93. The maximum Gasteiger partial charge on any atom is 0.270 e. The van der Waals surface area contributed by atoms with Crippen LogP contribution in [0.15, 0.2) is 58.7 Å². The molecule has 0 bridgehead atoms. The van der Waals surface area contributed by atoms with Crippen LogP contribution in [0.25, 0.3) is 21.3 Å². The lowest BCUT2D eigenvalue weighted by Crippen LogP contribution is -2.44. The molecule has 1 amide bonds. The van der Waals surface area contributed by atoms with Gasteiger partial charge in [0.2, 0.25) is 11.9 Å². The van der Waals surface area contributed by atoms with Crippen molar-refractivity contribution in [1.82, 2.24) is 15.3 Å². The number of methoxy groups -OCH3 is 1. The lowest BCUT2D eigenvalue weighted by Gasteiger charge is -2.32. The molecule has 2 N–H and O–H groups in total. The van der Waals surface area contributed by atoms with Crippen LogP contribution in [0.1, 0.15) is 24.0 Å². The number of nitrogens with zero attached hydrogens (tertiary/aromatic N) is 2. The Morgan fingerprint density at radius 2 is 1.97 bits per heavy atom. The van der Waals surface area contributed by atoms with Gasteiger partial charge in [-0.3, -0.25) is 14.6 Å². The molecular formula is C27H28N4O3S.